The minimum absolute atomic E-state index is 0.0613. The van der Waals surface area contributed by atoms with E-state index < -0.39 is 0 Å². The Hall–Kier alpha value is -2.33. The van der Waals surface area contributed by atoms with Gasteiger partial charge in [0.15, 0.2) is 0 Å². The van der Waals surface area contributed by atoms with Gasteiger partial charge in [0.25, 0.3) is 0 Å². The molecule has 26 heavy (non-hydrogen) atoms. The summed E-state index contributed by atoms with van der Waals surface area (Å²) < 4.78 is 5.89. The number of nitrogens with one attached hydrogen (secondary N) is 1. The lowest BCUT2D eigenvalue weighted by atomic mass is 10.0. The number of ether oxygens (including phenoxy) is 1. The van der Waals surface area contributed by atoms with Crippen molar-refractivity contribution in [3.63, 3.8) is 0 Å². The quantitative estimate of drug-likeness (QED) is 0.803. The van der Waals surface area contributed by atoms with Gasteiger partial charge in [-0.05, 0) is 55.5 Å². The first-order valence-electron chi connectivity index (χ1n) is 9.41. The zero-order valence-electron chi connectivity index (χ0n) is 15.4. The van der Waals surface area contributed by atoms with E-state index in [1.807, 2.05) is 30.3 Å². The average molecular weight is 352 g/mol. The Kier molecular flexibility index (Phi) is 6.29. The molecule has 2 atom stereocenters. The van der Waals surface area contributed by atoms with Gasteiger partial charge in [0, 0.05) is 6.04 Å². The first kappa shape index (κ1) is 18.5. The third kappa shape index (κ3) is 5.09. The van der Waals surface area contributed by atoms with Gasteiger partial charge in [0.05, 0.1) is 6.42 Å². The molecule has 1 amide bonds. The second-order valence-electron chi connectivity index (χ2n) is 7.20. The molecule has 2 aromatic rings. The van der Waals surface area contributed by atoms with Gasteiger partial charge in [-0.1, -0.05) is 48.4 Å². The lowest BCUT2D eigenvalue weighted by Crippen LogP contribution is -2.40. The normalized spacial score (nSPS) is 19.3. The smallest absolute Gasteiger partial charge is 0.224 e. The van der Waals surface area contributed by atoms with E-state index in [4.69, 9.17) is 10.5 Å². The van der Waals surface area contributed by atoms with Crippen LogP contribution in [0, 0.1) is 12.8 Å². The largest absolute Gasteiger partial charge is 0.489 e. The molecule has 0 saturated heterocycles. The van der Waals surface area contributed by atoms with Crippen molar-refractivity contribution in [2.75, 3.05) is 6.54 Å². The highest BCUT2D eigenvalue weighted by Crippen LogP contribution is 2.24. The van der Waals surface area contributed by atoms with Crippen molar-refractivity contribution < 1.29 is 9.53 Å². The summed E-state index contributed by atoms with van der Waals surface area (Å²) in [7, 11) is 0. The van der Waals surface area contributed by atoms with E-state index in [2.05, 4.69) is 30.4 Å². The standard InChI is InChI=1S/C22H28N2O2/c1-16-5-2-7-18(11-16)15-26-20-9-3-6-17(12-20)13-22(25)24-21-10-4-8-19(21)14-23/h2-3,5-7,9,11-12,19,21H,4,8,10,13-15,23H2,1H3,(H,24,25). The molecule has 1 saturated carbocycles. The number of carbonyl (C=O) groups is 1. The number of rotatable bonds is 7. The number of carbonyl (C=O) groups excluding carboxylic acids is 1. The zero-order chi connectivity index (χ0) is 18.4. The molecule has 4 nitrogen and oxygen atoms in total. The van der Waals surface area contributed by atoms with E-state index in [1.54, 1.807) is 0 Å². The van der Waals surface area contributed by atoms with Crippen LogP contribution < -0.4 is 15.8 Å². The van der Waals surface area contributed by atoms with Crippen LogP contribution in [0.25, 0.3) is 0 Å². The van der Waals surface area contributed by atoms with Crippen molar-refractivity contribution in [1.82, 2.24) is 5.32 Å². The number of aryl methyl sites for hydroxylation is 1. The molecule has 1 fully saturated rings. The summed E-state index contributed by atoms with van der Waals surface area (Å²) in [4.78, 5) is 12.4. The fourth-order valence-corrected chi connectivity index (χ4v) is 3.67. The number of hydrogen-bond donors (Lipinski definition) is 2. The van der Waals surface area contributed by atoms with Crippen molar-refractivity contribution in [3.05, 3.63) is 65.2 Å². The van der Waals surface area contributed by atoms with Gasteiger partial charge < -0.3 is 15.8 Å². The molecule has 1 aliphatic rings. The maximum absolute atomic E-state index is 12.4. The lowest BCUT2D eigenvalue weighted by Gasteiger charge is -2.19. The highest BCUT2D eigenvalue weighted by atomic mass is 16.5. The van der Waals surface area contributed by atoms with Crippen molar-refractivity contribution in [2.24, 2.45) is 11.7 Å². The fraction of sp³-hybridized carbons (Fsp3) is 0.409. The van der Waals surface area contributed by atoms with E-state index in [0.717, 1.165) is 36.1 Å². The Morgan fingerprint density at radius 1 is 1.15 bits per heavy atom. The van der Waals surface area contributed by atoms with E-state index >= 15 is 0 Å². The predicted molar refractivity (Wildman–Crippen MR) is 104 cm³/mol. The third-order valence-electron chi connectivity index (χ3n) is 5.06. The number of nitrogens with two attached hydrogens (primary N) is 1. The van der Waals surface area contributed by atoms with Crippen LogP contribution in [0.2, 0.25) is 0 Å². The molecule has 4 heteroatoms. The van der Waals surface area contributed by atoms with Crippen LogP contribution in [-0.2, 0) is 17.8 Å². The molecule has 3 N–H and O–H groups in total. The fourth-order valence-electron chi connectivity index (χ4n) is 3.67. The van der Waals surface area contributed by atoms with Crippen LogP contribution in [-0.4, -0.2) is 18.5 Å². The van der Waals surface area contributed by atoms with Gasteiger partial charge in [-0.15, -0.1) is 0 Å². The first-order chi connectivity index (χ1) is 12.6. The summed E-state index contributed by atoms with van der Waals surface area (Å²) in [5.41, 5.74) is 9.12. The summed E-state index contributed by atoms with van der Waals surface area (Å²) in [6, 6.07) is 16.3. The monoisotopic (exact) mass is 352 g/mol. The molecular weight excluding hydrogens is 324 g/mol. The lowest BCUT2D eigenvalue weighted by molar-refractivity contribution is -0.121. The molecular formula is C22H28N2O2. The van der Waals surface area contributed by atoms with Crippen LogP contribution in [0.5, 0.6) is 5.75 Å². The number of amides is 1. The third-order valence-corrected chi connectivity index (χ3v) is 5.06. The van der Waals surface area contributed by atoms with E-state index in [0.29, 0.717) is 25.5 Å². The van der Waals surface area contributed by atoms with Crippen molar-refractivity contribution in [1.29, 1.82) is 0 Å². The van der Waals surface area contributed by atoms with Gasteiger partial charge in [-0.3, -0.25) is 4.79 Å². The Labute approximate surface area is 155 Å². The Balaban J connectivity index is 1.54. The highest BCUT2D eigenvalue weighted by molar-refractivity contribution is 5.79. The predicted octanol–water partition coefficient (Wildman–Crippen LogP) is 3.36. The summed E-state index contributed by atoms with van der Waals surface area (Å²) in [6.07, 6.45) is 3.67. The van der Waals surface area contributed by atoms with Crippen LogP contribution >= 0.6 is 0 Å². The van der Waals surface area contributed by atoms with Gasteiger partial charge in [-0.25, -0.2) is 0 Å². The van der Waals surface area contributed by atoms with Crippen LogP contribution in [0.3, 0.4) is 0 Å². The molecule has 0 aliphatic heterocycles. The molecule has 0 heterocycles. The second kappa shape index (κ2) is 8.86. The number of hydrogen-bond acceptors (Lipinski definition) is 3. The maximum atomic E-state index is 12.4. The molecule has 0 radical (unpaired) electrons. The minimum atomic E-state index is 0.0613. The summed E-state index contributed by atoms with van der Waals surface area (Å²) in [5, 5.41) is 3.15. The topological polar surface area (TPSA) is 64.3 Å². The first-order valence-corrected chi connectivity index (χ1v) is 9.41. The Morgan fingerprint density at radius 2 is 1.96 bits per heavy atom. The Morgan fingerprint density at radius 3 is 2.77 bits per heavy atom. The van der Waals surface area contributed by atoms with Crippen LogP contribution in [0.1, 0.15) is 36.0 Å². The molecule has 3 rings (SSSR count). The molecule has 0 spiro atoms. The molecule has 138 valence electrons. The second-order valence-corrected chi connectivity index (χ2v) is 7.20. The van der Waals surface area contributed by atoms with Crippen LogP contribution in [0.15, 0.2) is 48.5 Å². The summed E-state index contributed by atoms with van der Waals surface area (Å²) in [5.74, 6) is 1.27. The van der Waals surface area contributed by atoms with Gasteiger partial charge in [0.1, 0.15) is 12.4 Å². The Bertz CT molecular complexity index is 744. The molecule has 2 unspecified atom stereocenters. The van der Waals surface area contributed by atoms with Crippen molar-refractivity contribution in [3.8, 4) is 5.75 Å². The van der Waals surface area contributed by atoms with E-state index in [1.165, 1.54) is 5.56 Å². The van der Waals surface area contributed by atoms with Crippen LogP contribution in [0.4, 0.5) is 0 Å². The average Bonchev–Trinajstić information content (AvgIpc) is 3.07. The van der Waals surface area contributed by atoms with Crippen molar-refractivity contribution >= 4 is 5.91 Å². The summed E-state index contributed by atoms with van der Waals surface area (Å²) >= 11 is 0. The zero-order valence-corrected chi connectivity index (χ0v) is 15.4. The van der Waals surface area contributed by atoms with E-state index in [9.17, 15) is 4.79 Å². The number of benzene rings is 2. The molecule has 2 aromatic carbocycles. The van der Waals surface area contributed by atoms with E-state index in [-0.39, 0.29) is 11.9 Å². The molecule has 0 bridgehead atoms. The summed E-state index contributed by atoms with van der Waals surface area (Å²) in [6.45, 7) is 3.24. The van der Waals surface area contributed by atoms with Gasteiger partial charge >= 0.3 is 0 Å². The molecule has 0 aromatic heterocycles. The van der Waals surface area contributed by atoms with Crippen molar-refractivity contribution in [2.45, 2.75) is 45.3 Å². The highest BCUT2D eigenvalue weighted by Gasteiger charge is 2.27. The SMILES string of the molecule is Cc1cccc(COc2cccc(CC(=O)NC3CCCC3CN)c2)c1. The van der Waals surface area contributed by atoms with Gasteiger partial charge in [0.2, 0.25) is 5.91 Å². The maximum Gasteiger partial charge on any atom is 0.224 e. The van der Waals surface area contributed by atoms with Gasteiger partial charge in [-0.2, -0.15) is 0 Å². The molecule has 1 aliphatic carbocycles. The minimum Gasteiger partial charge on any atom is -0.489 e.